The minimum Gasteiger partial charge on any atom is -0.456 e. The van der Waals surface area contributed by atoms with Gasteiger partial charge in [0.15, 0.2) is 11.2 Å². The van der Waals surface area contributed by atoms with Crippen molar-refractivity contribution in [2.45, 2.75) is 0 Å². The van der Waals surface area contributed by atoms with Crippen LogP contribution in [0.3, 0.4) is 0 Å². The van der Waals surface area contributed by atoms with Crippen molar-refractivity contribution in [2.24, 2.45) is 0 Å². The van der Waals surface area contributed by atoms with E-state index in [1.807, 2.05) is 60.7 Å². The summed E-state index contributed by atoms with van der Waals surface area (Å²) in [7, 11) is 0. The fraction of sp³-hybridized carbons (Fsp3) is 0. The second-order valence-corrected chi connectivity index (χ2v) is 14.7. The standard InChI is InChI=1S/C53H32N2O3/c1-3-13-33(14-4-1)34-25-27-37(28-26-34)55(38-29-30-41-40-19-9-10-22-45(40)56-48(41)32-38)44-31-36-17-7-8-18-39(36)50-49-42(20-11-23-46(49)57-52(44)50)43-21-12-24-47-51(43)54-53(58-47)35-15-5-2-6-16-35/h1-32H. The number of fused-ring (bicyclic) bond motifs is 9. The lowest BCUT2D eigenvalue weighted by atomic mass is 9.95. The SMILES string of the molecule is c1ccc(-c2ccc(N(c3ccc4c(c3)oc3ccccc34)c3cc4ccccc4c4c3oc3cccc(-c5cccc6oc(-c7ccccc7)nc56)c34)cc2)cc1. The van der Waals surface area contributed by atoms with Crippen molar-refractivity contribution in [3.63, 3.8) is 0 Å². The molecular formula is C53H32N2O3. The van der Waals surface area contributed by atoms with Crippen molar-refractivity contribution < 1.29 is 13.3 Å². The first-order valence-corrected chi connectivity index (χ1v) is 19.4. The number of anilines is 3. The summed E-state index contributed by atoms with van der Waals surface area (Å²) in [5.41, 5.74) is 12.9. The number of benzene rings is 9. The Morgan fingerprint density at radius 1 is 0.379 bits per heavy atom. The van der Waals surface area contributed by atoms with Crippen LogP contribution in [0.25, 0.3) is 99.5 Å². The summed E-state index contributed by atoms with van der Waals surface area (Å²) < 4.78 is 19.9. The van der Waals surface area contributed by atoms with Crippen molar-refractivity contribution in [3.8, 4) is 33.7 Å². The van der Waals surface area contributed by atoms with Crippen LogP contribution < -0.4 is 4.90 Å². The lowest BCUT2D eigenvalue weighted by Crippen LogP contribution is -2.10. The van der Waals surface area contributed by atoms with Crippen LogP contribution in [-0.2, 0) is 0 Å². The van der Waals surface area contributed by atoms with Crippen LogP contribution in [0.5, 0.6) is 0 Å². The number of oxazole rings is 1. The van der Waals surface area contributed by atoms with Crippen molar-refractivity contribution in [3.05, 3.63) is 194 Å². The third-order valence-electron chi connectivity index (χ3n) is 11.3. The van der Waals surface area contributed by atoms with E-state index in [-0.39, 0.29) is 0 Å². The summed E-state index contributed by atoms with van der Waals surface area (Å²) in [5, 5.41) is 6.45. The van der Waals surface area contributed by atoms with Gasteiger partial charge in [0, 0.05) is 44.4 Å². The van der Waals surface area contributed by atoms with Gasteiger partial charge in [0.25, 0.3) is 0 Å². The molecule has 0 saturated heterocycles. The van der Waals surface area contributed by atoms with Gasteiger partial charge in [-0.1, -0.05) is 127 Å². The molecule has 58 heavy (non-hydrogen) atoms. The summed E-state index contributed by atoms with van der Waals surface area (Å²) in [5.74, 6) is 0.593. The lowest BCUT2D eigenvalue weighted by Gasteiger charge is -2.26. The molecule has 3 aromatic heterocycles. The molecular weight excluding hydrogens is 713 g/mol. The van der Waals surface area contributed by atoms with E-state index in [9.17, 15) is 0 Å². The molecule has 3 heterocycles. The molecule has 0 saturated carbocycles. The van der Waals surface area contributed by atoms with E-state index in [1.54, 1.807) is 0 Å². The Balaban J connectivity index is 1.12. The Kier molecular flexibility index (Phi) is 7.16. The molecule has 5 heteroatoms. The highest BCUT2D eigenvalue weighted by atomic mass is 16.3. The number of hydrogen-bond donors (Lipinski definition) is 0. The van der Waals surface area contributed by atoms with Gasteiger partial charge in [0.05, 0.1) is 11.4 Å². The van der Waals surface area contributed by atoms with E-state index >= 15 is 0 Å². The first-order valence-electron chi connectivity index (χ1n) is 19.4. The van der Waals surface area contributed by atoms with Crippen molar-refractivity contribution in [1.29, 1.82) is 0 Å². The number of nitrogens with zero attached hydrogens (tertiary/aromatic N) is 2. The van der Waals surface area contributed by atoms with Crippen molar-refractivity contribution in [1.82, 2.24) is 4.98 Å². The van der Waals surface area contributed by atoms with E-state index < -0.39 is 0 Å². The highest BCUT2D eigenvalue weighted by molar-refractivity contribution is 6.27. The average Bonchev–Trinajstić information content (AvgIpc) is 4.01. The quantitative estimate of drug-likeness (QED) is 0.170. The van der Waals surface area contributed by atoms with Crippen molar-refractivity contribution >= 4 is 82.8 Å². The molecule has 0 aliphatic carbocycles. The number of para-hydroxylation sites is 2. The van der Waals surface area contributed by atoms with Crippen LogP contribution in [0, 0.1) is 0 Å². The van der Waals surface area contributed by atoms with Gasteiger partial charge < -0.3 is 18.2 Å². The maximum absolute atomic E-state index is 7.08. The van der Waals surface area contributed by atoms with Crippen LogP contribution in [0.15, 0.2) is 207 Å². The summed E-state index contributed by atoms with van der Waals surface area (Å²) in [6.07, 6.45) is 0. The fourth-order valence-electron chi connectivity index (χ4n) is 8.62. The Morgan fingerprint density at radius 2 is 1.02 bits per heavy atom. The third-order valence-corrected chi connectivity index (χ3v) is 11.3. The number of furan rings is 2. The van der Waals surface area contributed by atoms with Gasteiger partial charge in [0.2, 0.25) is 5.89 Å². The predicted octanol–water partition coefficient (Wildman–Crippen LogP) is 15.3. The van der Waals surface area contributed by atoms with E-state index in [0.29, 0.717) is 5.89 Å². The Hall–Kier alpha value is -7.89. The summed E-state index contributed by atoms with van der Waals surface area (Å²) in [4.78, 5) is 7.37. The Morgan fingerprint density at radius 3 is 1.84 bits per heavy atom. The van der Waals surface area contributed by atoms with Gasteiger partial charge in [-0.25, -0.2) is 4.98 Å². The molecule has 0 aliphatic heterocycles. The smallest absolute Gasteiger partial charge is 0.227 e. The van der Waals surface area contributed by atoms with E-state index in [1.165, 1.54) is 5.56 Å². The normalized spacial score (nSPS) is 11.8. The maximum Gasteiger partial charge on any atom is 0.227 e. The molecule has 0 bridgehead atoms. The molecule has 0 unspecified atom stereocenters. The van der Waals surface area contributed by atoms with Gasteiger partial charge in [-0.2, -0.15) is 0 Å². The zero-order valence-corrected chi connectivity index (χ0v) is 31.1. The molecule has 0 amide bonds. The third kappa shape index (κ3) is 5.07. The second-order valence-electron chi connectivity index (χ2n) is 14.7. The minimum absolute atomic E-state index is 0.593. The van der Waals surface area contributed by atoms with Gasteiger partial charge in [-0.05, 0) is 88.1 Å². The van der Waals surface area contributed by atoms with Gasteiger partial charge in [-0.3, -0.25) is 0 Å². The maximum atomic E-state index is 7.08. The monoisotopic (exact) mass is 744 g/mol. The van der Waals surface area contributed by atoms with Crippen LogP contribution in [0.2, 0.25) is 0 Å². The summed E-state index contributed by atoms with van der Waals surface area (Å²) in [6, 6.07) is 67.3. The predicted molar refractivity (Wildman–Crippen MR) is 237 cm³/mol. The molecule has 0 aliphatic rings. The first kappa shape index (κ1) is 32.4. The van der Waals surface area contributed by atoms with Crippen LogP contribution >= 0.6 is 0 Å². The molecule has 9 aromatic carbocycles. The zero-order valence-electron chi connectivity index (χ0n) is 31.1. The van der Waals surface area contributed by atoms with Crippen LogP contribution in [-0.4, -0.2) is 4.98 Å². The highest BCUT2D eigenvalue weighted by Gasteiger charge is 2.25. The Labute approximate surface area is 332 Å². The lowest BCUT2D eigenvalue weighted by molar-refractivity contribution is 0.620. The zero-order chi connectivity index (χ0) is 38.2. The van der Waals surface area contributed by atoms with E-state index in [4.69, 9.17) is 18.2 Å². The summed E-state index contributed by atoms with van der Waals surface area (Å²) >= 11 is 0. The molecule has 0 spiro atoms. The molecule has 12 rings (SSSR count). The molecule has 0 atom stereocenters. The van der Waals surface area contributed by atoms with Crippen LogP contribution in [0.1, 0.15) is 0 Å². The largest absolute Gasteiger partial charge is 0.456 e. The fourth-order valence-corrected chi connectivity index (χ4v) is 8.62. The topological polar surface area (TPSA) is 55.6 Å². The van der Waals surface area contributed by atoms with E-state index in [2.05, 4.69) is 138 Å². The first-order chi connectivity index (χ1) is 28.7. The van der Waals surface area contributed by atoms with Crippen molar-refractivity contribution in [2.75, 3.05) is 4.90 Å². The van der Waals surface area contributed by atoms with Gasteiger partial charge in [-0.15, -0.1) is 0 Å². The number of hydrogen-bond acceptors (Lipinski definition) is 5. The summed E-state index contributed by atoms with van der Waals surface area (Å²) in [6.45, 7) is 0. The molecule has 12 aromatic rings. The number of rotatable bonds is 6. The molecule has 0 fully saturated rings. The number of aromatic nitrogens is 1. The molecule has 0 radical (unpaired) electrons. The molecule has 0 N–H and O–H groups in total. The van der Waals surface area contributed by atoms with Gasteiger partial charge in [0.1, 0.15) is 22.3 Å². The second kappa shape index (κ2) is 12.8. The highest BCUT2D eigenvalue weighted by Crippen LogP contribution is 2.49. The molecule has 5 nitrogen and oxygen atoms in total. The minimum atomic E-state index is 0.593. The Bertz CT molecular complexity index is 3510. The van der Waals surface area contributed by atoms with Gasteiger partial charge >= 0.3 is 0 Å². The van der Waals surface area contributed by atoms with E-state index in [0.717, 1.165) is 105 Å². The molecule has 272 valence electrons. The average molecular weight is 745 g/mol. The van der Waals surface area contributed by atoms with Crippen LogP contribution in [0.4, 0.5) is 17.1 Å².